The fraction of sp³-hybridized carbons (Fsp3) is 0.364. The van der Waals surface area contributed by atoms with E-state index in [1.165, 1.54) is 0 Å². The van der Waals surface area contributed by atoms with E-state index in [0.717, 1.165) is 11.1 Å². The van der Waals surface area contributed by atoms with Crippen LogP contribution in [0.15, 0.2) is 54.6 Å². The first kappa shape index (κ1) is 23.0. The van der Waals surface area contributed by atoms with Gasteiger partial charge in [0.2, 0.25) is 0 Å². The highest BCUT2D eigenvalue weighted by molar-refractivity contribution is 6.30. The number of alkyl halides is 1. The van der Waals surface area contributed by atoms with Gasteiger partial charge < -0.3 is 14.8 Å². The van der Waals surface area contributed by atoms with Gasteiger partial charge >= 0.3 is 12.1 Å². The summed E-state index contributed by atoms with van der Waals surface area (Å²) < 4.78 is 10.5. The predicted octanol–water partition coefficient (Wildman–Crippen LogP) is 5.33. The molecule has 0 fully saturated rings. The molecular weight excluding hydrogens is 413 g/mol. The molecule has 0 spiro atoms. The van der Waals surface area contributed by atoms with Crippen molar-refractivity contribution in [3.63, 3.8) is 0 Å². The van der Waals surface area contributed by atoms with Gasteiger partial charge in [0.25, 0.3) is 0 Å². The average Bonchev–Trinajstić information content (AvgIpc) is 2.71. The molecule has 0 saturated carbocycles. The maximum atomic E-state index is 12.6. The summed E-state index contributed by atoms with van der Waals surface area (Å²) in [7, 11) is 0. The van der Waals surface area contributed by atoms with Crippen LogP contribution in [0.1, 0.15) is 31.4 Å². The predicted molar refractivity (Wildman–Crippen MR) is 114 cm³/mol. The first-order valence-corrected chi connectivity index (χ1v) is 10.2. The Balaban J connectivity index is 1.99. The third kappa shape index (κ3) is 8.34. The zero-order valence-corrected chi connectivity index (χ0v) is 18.0. The molecule has 0 bridgehead atoms. The van der Waals surface area contributed by atoms with Gasteiger partial charge in [0.15, 0.2) is 5.56 Å². The summed E-state index contributed by atoms with van der Waals surface area (Å²) in [5.74, 6) is -0.588. The molecule has 2 unspecified atom stereocenters. The molecule has 0 aliphatic rings. The van der Waals surface area contributed by atoms with Crippen LogP contribution in [0.5, 0.6) is 0 Å². The van der Waals surface area contributed by atoms with Crippen LogP contribution in [0.2, 0.25) is 5.02 Å². The lowest BCUT2D eigenvalue weighted by molar-refractivity contribution is -0.147. The van der Waals surface area contributed by atoms with E-state index in [4.69, 9.17) is 32.7 Å². The number of hydrogen-bond acceptors (Lipinski definition) is 4. The summed E-state index contributed by atoms with van der Waals surface area (Å²) in [6, 6.07) is 15.8. The lowest BCUT2D eigenvalue weighted by atomic mass is 10.1. The molecule has 29 heavy (non-hydrogen) atoms. The van der Waals surface area contributed by atoms with Gasteiger partial charge in [-0.15, -0.1) is 0 Å². The second kappa shape index (κ2) is 11.7. The van der Waals surface area contributed by atoms with Gasteiger partial charge in [-0.2, -0.15) is 0 Å². The molecule has 2 aromatic carbocycles. The van der Waals surface area contributed by atoms with Gasteiger partial charge in [-0.1, -0.05) is 79.5 Å². The molecule has 0 aliphatic heterocycles. The Morgan fingerprint density at radius 1 is 1.00 bits per heavy atom. The van der Waals surface area contributed by atoms with Crippen molar-refractivity contribution in [3.8, 4) is 0 Å². The van der Waals surface area contributed by atoms with Crippen LogP contribution < -0.4 is 5.32 Å². The third-order valence-corrected chi connectivity index (χ3v) is 5.02. The van der Waals surface area contributed by atoms with Crippen LogP contribution >= 0.6 is 23.2 Å². The molecule has 2 aromatic rings. The molecule has 1 amide bonds. The van der Waals surface area contributed by atoms with Crippen LogP contribution in [0.3, 0.4) is 0 Å². The van der Waals surface area contributed by atoms with E-state index in [1.54, 1.807) is 12.1 Å². The monoisotopic (exact) mass is 437 g/mol. The van der Waals surface area contributed by atoms with E-state index in [2.05, 4.69) is 5.32 Å². The Morgan fingerprint density at radius 3 is 2.28 bits per heavy atom. The molecule has 2 rings (SSSR count). The second-order valence-electron chi connectivity index (χ2n) is 6.96. The maximum absolute atomic E-state index is 12.6. The topological polar surface area (TPSA) is 64.6 Å². The molecule has 5 nitrogen and oxygen atoms in total. The maximum Gasteiger partial charge on any atom is 0.409 e. The van der Waals surface area contributed by atoms with Crippen molar-refractivity contribution < 1.29 is 19.1 Å². The molecule has 0 aromatic heterocycles. The minimum atomic E-state index is -0.863. The van der Waals surface area contributed by atoms with E-state index in [-0.39, 0.29) is 12.5 Å². The summed E-state index contributed by atoms with van der Waals surface area (Å²) >= 11 is 11.9. The van der Waals surface area contributed by atoms with E-state index in [9.17, 15) is 9.59 Å². The summed E-state index contributed by atoms with van der Waals surface area (Å²) in [5.41, 5.74) is 1.07. The highest BCUT2D eigenvalue weighted by Gasteiger charge is 2.25. The van der Waals surface area contributed by atoms with E-state index >= 15 is 0 Å². The van der Waals surface area contributed by atoms with Crippen molar-refractivity contribution in [1.82, 2.24) is 5.32 Å². The number of esters is 1. The lowest BCUT2D eigenvalue weighted by Gasteiger charge is -2.20. The summed E-state index contributed by atoms with van der Waals surface area (Å²) in [6.45, 7) is 3.78. The fourth-order valence-corrected chi connectivity index (χ4v) is 2.66. The van der Waals surface area contributed by atoms with Crippen LogP contribution in [0.25, 0.3) is 0 Å². The van der Waals surface area contributed by atoms with Gasteiger partial charge in [0, 0.05) is 10.9 Å². The van der Waals surface area contributed by atoms with E-state index < -0.39 is 23.7 Å². The summed E-state index contributed by atoms with van der Waals surface area (Å²) in [5, 5.41) is 3.21. The molecule has 156 valence electrons. The number of nitrogens with one attached hydrogen (secondary N) is 1. The molecule has 2 atom stereocenters. The Hall–Kier alpha value is -2.24. The number of halogens is 2. The lowest BCUT2D eigenvalue weighted by Crippen LogP contribution is -2.43. The van der Waals surface area contributed by atoms with Crippen LogP contribution in [-0.2, 0) is 27.3 Å². The number of amides is 1. The number of carbonyl (C=O) groups excluding carboxylic acids is 2. The SMILES string of the molecule is CC(C)C(Cl)OC(=O)NC(CCc1ccc(Cl)cc1)C(=O)OCc1ccccc1. The molecule has 0 aliphatic carbocycles. The van der Waals surface area contributed by atoms with Crippen molar-refractivity contribution in [3.05, 3.63) is 70.7 Å². The smallest absolute Gasteiger partial charge is 0.409 e. The molecule has 0 heterocycles. The van der Waals surface area contributed by atoms with E-state index in [1.807, 2.05) is 56.3 Å². The van der Waals surface area contributed by atoms with Crippen molar-refractivity contribution >= 4 is 35.3 Å². The summed E-state index contributed by atoms with van der Waals surface area (Å²) in [6.07, 6.45) is 0.146. The molecule has 0 radical (unpaired) electrons. The largest absolute Gasteiger partial charge is 0.459 e. The third-order valence-electron chi connectivity index (χ3n) is 4.18. The van der Waals surface area contributed by atoms with Crippen molar-refractivity contribution in [2.75, 3.05) is 0 Å². The number of hydrogen-bond donors (Lipinski definition) is 1. The van der Waals surface area contributed by atoms with Gasteiger partial charge in [0.05, 0.1) is 0 Å². The number of carbonyl (C=O) groups is 2. The number of aryl methyl sites for hydroxylation is 1. The Morgan fingerprint density at radius 2 is 1.66 bits per heavy atom. The van der Waals surface area contributed by atoms with Crippen molar-refractivity contribution in [2.45, 2.75) is 44.9 Å². The van der Waals surface area contributed by atoms with Gasteiger partial charge in [-0.05, 0) is 36.1 Å². The van der Waals surface area contributed by atoms with Gasteiger partial charge in [-0.25, -0.2) is 9.59 Å². The first-order chi connectivity index (χ1) is 13.8. The van der Waals surface area contributed by atoms with Crippen LogP contribution in [0, 0.1) is 5.92 Å². The van der Waals surface area contributed by atoms with Gasteiger partial charge in [0.1, 0.15) is 12.6 Å². The summed E-state index contributed by atoms with van der Waals surface area (Å²) in [4.78, 5) is 24.8. The van der Waals surface area contributed by atoms with Crippen molar-refractivity contribution in [2.24, 2.45) is 5.92 Å². The average molecular weight is 438 g/mol. The standard InChI is InChI=1S/C22H25Cl2NO4/c1-15(2)20(24)29-22(27)25-19(13-10-16-8-11-18(23)12-9-16)21(26)28-14-17-6-4-3-5-7-17/h3-9,11-12,15,19-20H,10,13-14H2,1-2H3,(H,25,27). The number of ether oxygens (including phenoxy) is 2. The highest BCUT2D eigenvalue weighted by atomic mass is 35.5. The number of alkyl carbamates (subject to hydrolysis) is 1. The second-order valence-corrected chi connectivity index (χ2v) is 7.82. The molecule has 0 saturated heterocycles. The highest BCUT2D eigenvalue weighted by Crippen LogP contribution is 2.14. The zero-order valence-electron chi connectivity index (χ0n) is 16.4. The number of rotatable bonds is 9. The first-order valence-electron chi connectivity index (χ1n) is 9.41. The zero-order chi connectivity index (χ0) is 21.2. The molecule has 7 heteroatoms. The molecule has 1 N–H and O–H groups in total. The van der Waals surface area contributed by atoms with Crippen molar-refractivity contribution in [1.29, 1.82) is 0 Å². The Labute approximate surface area is 181 Å². The minimum absolute atomic E-state index is 0.0556. The normalized spacial score (nSPS) is 12.9. The Kier molecular flexibility index (Phi) is 9.29. The van der Waals surface area contributed by atoms with E-state index in [0.29, 0.717) is 17.9 Å². The minimum Gasteiger partial charge on any atom is -0.459 e. The Bertz CT molecular complexity index is 781. The molecular formula is C22H25Cl2NO4. The quantitative estimate of drug-likeness (QED) is 0.425. The van der Waals surface area contributed by atoms with Gasteiger partial charge in [-0.3, -0.25) is 0 Å². The number of benzene rings is 2. The fourth-order valence-electron chi connectivity index (χ4n) is 2.45. The van der Waals surface area contributed by atoms with Crippen LogP contribution in [0.4, 0.5) is 4.79 Å². The van der Waals surface area contributed by atoms with Crippen LogP contribution in [-0.4, -0.2) is 23.7 Å².